The number of benzene rings is 2. The predicted octanol–water partition coefficient (Wildman–Crippen LogP) is 6.89. The zero-order valence-corrected chi connectivity index (χ0v) is 18.7. The molecule has 2 aromatic heterocycles. The van der Waals surface area contributed by atoms with Crippen LogP contribution in [0, 0.1) is 6.92 Å². The number of carboxylic acids is 1. The molecule has 1 N–H and O–H groups in total. The minimum atomic E-state index is -1.04. The van der Waals surface area contributed by atoms with E-state index in [4.69, 9.17) is 14.1 Å². The summed E-state index contributed by atoms with van der Waals surface area (Å²) in [5, 5.41) is 11.5. The zero-order valence-electron chi connectivity index (χ0n) is 18.7. The molecule has 0 bridgehead atoms. The van der Waals surface area contributed by atoms with Gasteiger partial charge < -0.3 is 14.3 Å². The maximum Gasteiger partial charge on any atom is 0.336 e. The number of para-hydroxylation sites is 1. The Bertz CT molecular complexity index is 1430. The highest BCUT2D eigenvalue weighted by atomic mass is 16.5. The lowest BCUT2D eigenvalue weighted by Gasteiger charge is -2.15. The number of carbonyl (C=O) groups is 1. The first-order valence-corrected chi connectivity index (χ1v) is 10.7. The largest absolute Gasteiger partial charge is 0.488 e. The number of fused-ring (bicyclic) bond motifs is 2. The number of ether oxygens (including phenoxy) is 1. The van der Waals surface area contributed by atoms with Crippen molar-refractivity contribution in [3.63, 3.8) is 0 Å². The van der Waals surface area contributed by atoms with Gasteiger partial charge in [0.25, 0.3) is 0 Å². The summed E-state index contributed by atoms with van der Waals surface area (Å²) in [4.78, 5) is 17.3. The number of pyridine rings is 1. The second kappa shape index (κ2) is 9.17. The van der Waals surface area contributed by atoms with E-state index in [0.29, 0.717) is 34.5 Å². The summed E-state index contributed by atoms with van der Waals surface area (Å²) in [5.41, 5.74) is 4.53. The molecule has 0 saturated carbocycles. The fourth-order valence-corrected chi connectivity index (χ4v) is 3.98. The zero-order chi connectivity index (χ0) is 23.5. The molecule has 0 atom stereocenters. The van der Waals surface area contributed by atoms with Crippen molar-refractivity contribution in [3.05, 3.63) is 96.3 Å². The number of hydrogen-bond acceptors (Lipinski definition) is 4. The quantitative estimate of drug-likeness (QED) is 0.303. The Kier molecular flexibility index (Phi) is 6.13. The van der Waals surface area contributed by atoms with E-state index in [9.17, 15) is 9.90 Å². The van der Waals surface area contributed by atoms with Crippen LogP contribution in [0.2, 0.25) is 0 Å². The van der Waals surface area contributed by atoms with E-state index in [1.165, 1.54) is 0 Å². The molecule has 2 aromatic carbocycles. The molecule has 166 valence electrons. The summed E-state index contributed by atoms with van der Waals surface area (Å²) in [6, 6.07) is 13.0. The van der Waals surface area contributed by atoms with Crippen molar-refractivity contribution in [1.29, 1.82) is 0 Å². The molecule has 0 fully saturated rings. The summed E-state index contributed by atoms with van der Waals surface area (Å²) < 4.78 is 11.9. The topological polar surface area (TPSA) is 72.6 Å². The minimum Gasteiger partial charge on any atom is -0.488 e. The molecule has 0 aliphatic heterocycles. The molecule has 2 heterocycles. The number of hydrogen-bond donors (Lipinski definition) is 1. The van der Waals surface area contributed by atoms with Crippen molar-refractivity contribution in [3.8, 4) is 17.0 Å². The molecule has 33 heavy (non-hydrogen) atoms. The number of aromatic nitrogens is 1. The van der Waals surface area contributed by atoms with E-state index in [-0.39, 0.29) is 12.2 Å². The summed E-state index contributed by atoms with van der Waals surface area (Å²) >= 11 is 0. The highest BCUT2D eigenvalue weighted by Gasteiger charge is 2.22. The average molecular weight is 440 g/mol. The van der Waals surface area contributed by atoms with Crippen LogP contribution in [0.25, 0.3) is 33.1 Å². The third kappa shape index (κ3) is 4.17. The van der Waals surface area contributed by atoms with Gasteiger partial charge in [0.1, 0.15) is 23.7 Å². The Balaban J connectivity index is 1.93. The van der Waals surface area contributed by atoms with Gasteiger partial charge in [0.2, 0.25) is 0 Å². The van der Waals surface area contributed by atoms with Crippen molar-refractivity contribution < 1.29 is 19.1 Å². The molecule has 4 rings (SSSR count). The van der Waals surface area contributed by atoms with Gasteiger partial charge in [-0.05, 0) is 42.7 Å². The maximum absolute atomic E-state index is 12.4. The summed E-state index contributed by atoms with van der Waals surface area (Å²) in [6.45, 7) is 11.7. The molecule has 0 amide bonds. The number of aromatic carboxylic acids is 1. The van der Waals surface area contributed by atoms with Gasteiger partial charge in [-0.25, -0.2) is 9.78 Å². The highest BCUT2D eigenvalue weighted by Crippen LogP contribution is 2.38. The van der Waals surface area contributed by atoms with Crippen molar-refractivity contribution in [2.45, 2.75) is 20.3 Å². The summed E-state index contributed by atoms with van der Waals surface area (Å²) in [6.07, 6.45) is 5.94. The molecule has 4 aromatic rings. The van der Waals surface area contributed by atoms with Crippen molar-refractivity contribution in [2.75, 3.05) is 6.61 Å². The van der Waals surface area contributed by atoms with Crippen molar-refractivity contribution in [1.82, 2.24) is 4.98 Å². The minimum absolute atomic E-state index is 0.136. The van der Waals surface area contributed by atoms with Crippen LogP contribution in [-0.2, 0) is 6.42 Å². The monoisotopic (exact) mass is 439 g/mol. The molecule has 5 nitrogen and oxygen atoms in total. The number of furan rings is 1. The van der Waals surface area contributed by atoms with E-state index < -0.39 is 5.97 Å². The predicted molar refractivity (Wildman–Crippen MR) is 132 cm³/mol. The number of carboxylic acid groups (broad SMARTS) is 1. The number of aryl methyl sites for hydroxylation is 2. The van der Waals surface area contributed by atoms with Crippen molar-refractivity contribution in [2.24, 2.45) is 0 Å². The molecule has 0 spiro atoms. The molecule has 0 saturated heterocycles. The Hall–Kier alpha value is -4.12. The first kappa shape index (κ1) is 22.1. The lowest BCUT2D eigenvalue weighted by Crippen LogP contribution is -2.06. The Morgan fingerprint density at radius 3 is 2.76 bits per heavy atom. The molecule has 0 aliphatic carbocycles. The van der Waals surface area contributed by atoms with Gasteiger partial charge in [-0.15, -0.1) is 0 Å². The van der Waals surface area contributed by atoms with E-state index in [1.54, 1.807) is 30.4 Å². The highest BCUT2D eigenvalue weighted by molar-refractivity contribution is 6.08. The second-order valence-corrected chi connectivity index (χ2v) is 7.73. The van der Waals surface area contributed by atoms with Crippen molar-refractivity contribution >= 4 is 27.8 Å². The smallest absolute Gasteiger partial charge is 0.336 e. The molecular weight excluding hydrogens is 414 g/mol. The van der Waals surface area contributed by atoms with Gasteiger partial charge in [-0.1, -0.05) is 62.6 Å². The first-order valence-electron chi connectivity index (χ1n) is 10.7. The van der Waals surface area contributed by atoms with Crippen LogP contribution in [0.3, 0.4) is 0 Å². The third-order valence-electron chi connectivity index (χ3n) is 5.53. The van der Waals surface area contributed by atoms with E-state index in [0.717, 1.165) is 27.7 Å². The SMILES string of the molecule is C=C/C=C\C(=C)COc1ccc(CC)c2nc(-c3c(C)oc4ccccc34)cc(C(=O)O)c12. The van der Waals surface area contributed by atoms with Crippen LogP contribution in [0.4, 0.5) is 0 Å². The van der Waals surface area contributed by atoms with Gasteiger partial charge >= 0.3 is 5.97 Å². The standard InChI is InChI=1S/C28H25NO4/c1-5-7-10-17(3)16-32-24-14-13-19(6-2)27-26(24)21(28(30)31)15-22(29-27)25-18(4)33-23-12-9-8-11-20(23)25/h5,7-15H,1,3,6,16H2,2,4H3,(H,30,31)/b10-7-. The number of rotatable bonds is 8. The number of allylic oxidation sites excluding steroid dienone is 2. The molecular formula is C28H25NO4. The number of nitrogens with zero attached hydrogens (tertiary/aromatic N) is 1. The summed E-state index contributed by atoms with van der Waals surface area (Å²) in [5.74, 6) is 0.105. The van der Waals surface area contributed by atoms with Crippen LogP contribution in [0.15, 0.2) is 83.8 Å². The average Bonchev–Trinajstić information content (AvgIpc) is 3.15. The molecule has 5 heteroatoms. The molecule has 0 radical (unpaired) electrons. The fraction of sp³-hybridized carbons (Fsp3) is 0.143. The maximum atomic E-state index is 12.4. The van der Waals surface area contributed by atoms with Gasteiger partial charge in [0.15, 0.2) is 0 Å². The molecule has 0 unspecified atom stereocenters. The van der Waals surface area contributed by atoms with Crippen LogP contribution < -0.4 is 4.74 Å². The Morgan fingerprint density at radius 2 is 2.03 bits per heavy atom. The Labute approximate surface area is 192 Å². The Morgan fingerprint density at radius 1 is 1.24 bits per heavy atom. The normalized spacial score (nSPS) is 11.3. The third-order valence-corrected chi connectivity index (χ3v) is 5.53. The summed E-state index contributed by atoms with van der Waals surface area (Å²) in [7, 11) is 0. The van der Waals surface area contributed by atoms with E-state index in [1.807, 2.05) is 44.2 Å². The van der Waals surface area contributed by atoms with E-state index >= 15 is 0 Å². The molecule has 0 aliphatic rings. The van der Waals surface area contributed by atoms with Crippen LogP contribution in [0.5, 0.6) is 5.75 Å². The lowest BCUT2D eigenvalue weighted by atomic mass is 9.98. The van der Waals surface area contributed by atoms with Gasteiger partial charge in [-0.3, -0.25) is 0 Å². The fourth-order valence-electron chi connectivity index (χ4n) is 3.98. The lowest BCUT2D eigenvalue weighted by molar-refractivity contribution is 0.0698. The first-order chi connectivity index (χ1) is 15.9. The van der Waals surface area contributed by atoms with Crippen LogP contribution >= 0.6 is 0 Å². The van der Waals surface area contributed by atoms with Gasteiger partial charge in [-0.2, -0.15) is 0 Å². The van der Waals surface area contributed by atoms with Gasteiger partial charge in [0.05, 0.1) is 22.2 Å². The van der Waals surface area contributed by atoms with E-state index in [2.05, 4.69) is 13.2 Å². The van der Waals surface area contributed by atoms with Crippen LogP contribution in [-0.4, -0.2) is 22.7 Å². The second-order valence-electron chi connectivity index (χ2n) is 7.73. The van der Waals surface area contributed by atoms with Crippen LogP contribution in [0.1, 0.15) is 28.6 Å². The van der Waals surface area contributed by atoms with Gasteiger partial charge in [0, 0.05) is 10.9 Å².